The predicted molar refractivity (Wildman–Crippen MR) is 152 cm³/mol. The lowest BCUT2D eigenvalue weighted by atomic mass is 9.95. The number of aryl methyl sites for hydroxylation is 3. The molecule has 1 unspecified atom stereocenters. The third-order valence-electron chi connectivity index (χ3n) is 6.68. The molecule has 4 aromatic rings. The van der Waals surface area contributed by atoms with Crippen molar-refractivity contribution < 1.29 is 13.9 Å². The maximum Gasteiger partial charge on any atom is 0.215 e. The molecule has 0 radical (unpaired) electrons. The summed E-state index contributed by atoms with van der Waals surface area (Å²) in [6, 6.07) is 14.8. The summed E-state index contributed by atoms with van der Waals surface area (Å²) in [5.74, 6) is 0.656. The molecule has 1 heterocycles. The summed E-state index contributed by atoms with van der Waals surface area (Å²) in [5.41, 5.74) is 5.37. The summed E-state index contributed by atoms with van der Waals surface area (Å²) < 4.78 is 22.0. The van der Waals surface area contributed by atoms with Crippen LogP contribution in [0.3, 0.4) is 0 Å². The number of amides is 1. The van der Waals surface area contributed by atoms with Gasteiger partial charge in [-0.15, -0.1) is 0 Å². The van der Waals surface area contributed by atoms with Gasteiger partial charge in [-0.25, -0.2) is 9.37 Å². The normalized spacial score (nSPS) is 12.1. The van der Waals surface area contributed by atoms with Gasteiger partial charge in [-0.05, 0) is 93.8 Å². The standard InChI is InChI=1S/C30H30Cl2FN3O2/c1-17(2)36-28(20(5)34-30(36)25-15-23(33)10-12-27(25)38-6)29(24-11-9-21(31)13-19(24)4)35(16-37)26-14-22(32)8-7-18(26)3/h7-17,29H,1-6H3. The lowest BCUT2D eigenvalue weighted by Gasteiger charge is -2.33. The first-order chi connectivity index (χ1) is 18.1. The molecule has 198 valence electrons. The number of nitrogens with zero attached hydrogens (tertiary/aromatic N) is 3. The number of aromatic nitrogens is 2. The number of anilines is 1. The quantitative estimate of drug-likeness (QED) is 0.206. The van der Waals surface area contributed by atoms with E-state index in [1.165, 1.54) is 12.1 Å². The number of imidazole rings is 1. The molecule has 1 aromatic heterocycles. The highest BCUT2D eigenvalue weighted by Gasteiger charge is 2.33. The molecule has 3 aromatic carbocycles. The number of rotatable bonds is 8. The van der Waals surface area contributed by atoms with Crippen LogP contribution in [-0.2, 0) is 4.79 Å². The van der Waals surface area contributed by atoms with Crippen molar-refractivity contribution in [3.8, 4) is 17.1 Å². The minimum Gasteiger partial charge on any atom is -0.496 e. The van der Waals surface area contributed by atoms with Gasteiger partial charge in [0.05, 0.1) is 24.1 Å². The number of carbonyl (C=O) groups excluding carboxylic acids is 1. The molecule has 0 fully saturated rings. The Morgan fingerprint density at radius 3 is 2.29 bits per heavy atom. The molecular formula is C30H30Cl2FN3O2. The van der Waals surface area contributed by atoms with Gasteiger partial charge in [-0.1, -0.05) is 35.3 Å². The summed E-state index contributed by atoms with van der Waals surface area (Å²) in [6.07, 6.45) is 0.816. The Bertz CT molecular complexity index is 1500. The van der Waals surface area contributed by atoms with Gasteiger partial charge in [0.25, 0.3) is 0 Å². The first-order valence-electron chi connectivity index (χ1n) is 12.3. The number of halogens is 3. The Kier molecular flexibility index (Phi) is 8.14. The van der Waals surface area contributed by atoms with E-state index >= 15 is 0 Å². The van der Waals surface area contributed by atoms with Gasteiger partial charge in [0.2, 0.25) is 6.41 Å². The second-order valence-corrected chi connectivity index (χ2v) is 10.4. The monoisotopic (exact) mass is 553 g/mol. The Labute approximate surface area is 232 Å². The van der Waals surface area contributed by atoms with Crippen molar-refractivity contribution in [3.63, 3.8) is 0 Å². The van der Waals surface area contributed by atoms with Gasteiger partial charge >= 0.3 is 0 Å². The van der Waals surface area contributed by atoms with E-state index < -0.39 is 11.9 Å². The van der Waals surface area contributed by atoms with Crippen LogP contribution in [0.1, 0.15) is 54.0 Å². The third kappa shape index (κ3) is 5.16. The maximum absolute atomic E-state index is 14.4. The zero-order valence-electron chi connectivity index (χ0n) is 22.2. The minimum absolute atomic E-state index is 0.0850. The summed E-state index contributed by atoms with van der Waals surface area (Å²) in [7, 11) is 1.54. The second-order valence-electron chi connectivity index (χ2n) is 9.56. The van der Waals surface area contributed by atoms with Crippen molar-refractivity contribution in [2.75, 3.05) is 12.0 Å². The Hall–Kier alpha value is -3.35. The van der Waals surface area contributed by atoms with Crippen molar-refractivity contribution >= 4 is 35.3 Å². The lowest BCUT2D eigenvalue weighted by Crippen LogP contribution is -2.32. The van der Waals surface area contributed by atoms with Crippen LogP contribution in [-0.4, -0.2) is 23.1 Å². The third-order valence-corrected chi connectivity index (χ3v) is 7.15. The second kappa shape index (κ2) is 11.2. The zero-order valence-corrected chi connectivity index (χ0v) is 23.7. The van der Waals surface area contributed by atoms with Crippen LogP contribution < -0.4 is 9.64 Å². The maximum atomic E-state index is 14.4. The van der Waals surface area contributed by atoms with Crippen molar-refractivity contribution in [2.24, 2.45) is 0 Å². The lowest BCUT2D eigenvalue weighted by molar-refractivity contribution is -0.107. The molecule has 5 nitrogen and oxygen atoms in total. The number of hydrogen-bond acceptors (Lipinski definition) is 3. The van der Waals surface area contributed by atoms with Crippen molar-refractivity contribution in [3.05, 3.63) is 98.5 Å². The molecule has 0 aliphatic rings. The highest BCUT2D eigenvalue weighted by molar-refractivity contribution is 6.31. The average molecular weight is 554 g/mol. The zero-order chi connectivity index (χ0) is 27.7. The molecule has 1 amide bonds. The topological polar surface area (TPSA) is 47.4 Å². The fourth-order valence-electron chi connectivity index (χ4n) is 4.95. The number of benzene rings is 3. The summed E-state index contributed by atoms with van der Waals surface area (Å²) in [6.45, 7) is 9.85. The Morgan fingerprint density at radius 2 is 1.66 bits per heavy atom. The molecule has 0 saturated heterocycles. The highest BCUT2D eigenvalue weighted by atomic mass is 35.5. The van der Waals surface area contributed by atoms with Crippen molar-refractivity contribution in [1.29, 1.82) is 0 Å². The summed E-state index contributed by atoms with van der Waals surface area (Å²) >= 11 is 12.7. The number of hydrogen-bond donors (Lipinski definition) is 0. The SMILES string of the molecule is COc1ccc(F)cc1-c1nc(C)c(C(c2ccc(Cl)cc2C)N(C=O)c2cc(Cl)ccc2C)n1C(C)C. The van der Waals surface area contributed by atoms with Gasteiger partial charge in [0.15, 0.2) is 0 Å². The van der Waals surface area contributed by atoms with E-state index in [-0.39, 0.29) is 6.04 Å². The summed E-state index contributed by atoms with van der Waals surface area (Å²) in [5, 5.41) is 1.11. The van der Waals surface area contributed by atoms with E-state index in [0.29, 0.717) is 38.6 Å². The molecule has 0 aliphatic heterocycles. The van der Waals surface area contributed by atoms with Crippen molar-refractivity contribution in [2.45, 2.75) is 46.7 Å². The van der Waals surface area contributed by atoms with E-state index in [9.17, 15) is 9.18 Å². The average Bonchev–Trinajstić information content (AvgIpc) is 3.21. The minimum atomic E-state index is -0.579. The van der Waals surface area contributed by atoms with E-state index in [1.54, 1.807) is 30.2 Å². The van der Waals surface area contributed by atoms with Crippen LogP contribution >= 0.6 is 23.2 Å². The molecule has 0 saturated carbocycles. The Balaban J connectivity index is 2.09. The number of ether oxygens (including phenoxy) is 1. The molecule has 0 bridgehead atoms. The van der Waals surface area contributed by atoms with Crippen LogP contribution in [0, 0.1) is 26.6 Å². The van der Waals surface area contributed by atoms with E-state index in [4.69, 9.17) is 32.9 Å². The van der Waals surface area contributed by atoms with Gasteiger partial charge in [0, 0.05) is 21.8 Å². The number of carbonyl (C=O) groups is 1. The van der Waals surface area contributed by atoms with Crippen molar-refractivity contribution in [1.82, 2.24) is 9.55 Å². The molecule has 4 rings (SSSR count). The Morgan fingerprint density at radius 1 is 0.974 bits per heavy atom. The van der Waals surface area contributed by atoms with Gasteiger partial charge < -0.3 is 14.2 Å². The van der Waals surface area contributed by atoms with Crippen LogP contribution in [0.25, 0.3) is 11.4 Å². The highest BCUT2D eigenvalue weighted by Crippen LogP contribution is 2.42. The molecule has 38 heavy (non-hydrogen) atoms. The predicted octanol–water partition coefficient (Wildman–Crippen LogP) is 8.26. The molecule has 1 atom stereocenters. The van der Waals surface area contributed by atoms with E-state index in [0.717, 1.165) is 28.8 Å². The van der Waals surface area contributed by atoms with Gasteiger partial charge in [0.1, 0.15) is 23.4 Å². The molecule has 0 spiro atoms. The van der Waals surface area contributed by atoms with Crippen LogP contribution in [0.5, 0.6) is 5.75 Å². The fraction of sp³-hybridized carbons (Fsp3) is 0.267. The van der Waals surface area contributed by atoms with E-state index in [2.05, 4.69) is 0 Å². The molecule has 0 N–H and O–H groups in total. The number of methoxy groups -OCH3 is 1. The van der Waals surface area contributed by atoms with Crippen LogP contribution in [0.15, 0.2) is 54.6 Å². The molecule has 8 heteroatoms. The first-order valence-corrected chi connectivity index (χ1v) is 13.0. The fourth-order valence-corrected chi connectivity index (χ4v) is 5.34. The van der Waals surface area contributed by atoms with E-state index in [1.807, 2.05) is 63.5 Å². The molecular weight excluding hydrogens is 524 g/mol. The van der Waals surface area contributed by atoms with Crippen LogP contribution in [0.2, 0.25) is 10.0 Å². The molecule has 0 aliphatic carbocycles. The van der Waals surface area contributed by atoms with Crippen LogP contribution in [0.4, 0.5) is 10.1 Å². The first kappa shape index (κ1) is 27.7. The summed E-state index contributed by atoms with van der Waals surface area (Å²) in [4.78, 5) is 19.5. The van der Waals surface area contributed by atoms with Gasteiger partial charge in [-0.2, -0.15) is 0 Å². The smallest absolute Gasteiger partial charge is 0.215 e. The largest absolute Gasteiger partial charge is 0.496 e. The van der Waals surface area contributed by atoms with Gasteiger partial charge in [-0.3, -0.25) is 4.79 Å².